The minimum Gasteiger partial charge on any atom is -0.373 e. The number of ether oxygens (including phenoxy) is 3. The van der Waals surface area contributed by atoms with Gasteiger partial charge in [-0.15, -0.1) is 0 Å². The molecule has 1 fully saturated rings. The molecule has 1 aliphatic rings. The first-order chi connectivity index (χ1) is 5.96. The summed E-state index contributed by atoms with van der Waals surface area (Å²) in [7, 11) is 1.63. The minimum absolute atomic E-state index is 0.0770. The molecule has 0 aromatic rings. The smallest absolute Gasteiger partial charge is 0.163 e. The molecule has 0 saturated carbocycles. The van der Waals surface area contributed by atoms with Crippen LogP contribution in [0.25, 0.3) is 0 Å². The van der Waals surface area contributed by atoms with Gasteiger partial charge in [-0.3, -0.25) is 0 Å². The molecule has 0 aromatic carbocycles. The molecule has 0 unspecified atom stereocenters. The summed E-state index contributed by atoms with van der Waals surface area (Å²) < 4.78 is 17.1. The summed E-state index contributed by atoms with van der Waals surface area (Å²) in [6, 6.07) is 0. The van der Waals surface area contributed by atoms with Crippen molar-refractivity contribution in [2.75, 3.05) is 13.7 Å². The van der Waals surface area contributed by atoms with Crippen LogP contribution in [0.15, 0.2) is 11.1 Å². The van der Waals surface area contributed by atoms with Crippen molar-refractivity contribution in [2.24, 2.45) is 0 Å². The Morgan fingerprint density at radius 3 is 2.62 bits per heavy atom. The molecule has 0 radical (unpaired) electrons. The fourth-order valence-corrected chi connectivity index (χ4v) is 1.83. The molecule has 1 heterocycles. The summed E-state index contributed by atoms with van der Waals surface area (Å²) in [5.41, 5.74) is 0. The standard InChI is InChI=1S/C9H15BrO3/c1-6(10)8(11-4)7-5-12-9(2,3)13-7/h7-8H,1,5H2,2-4H3/t7-,8-/m0/s1. The molecule has 13 heavy (non-hydrogen) atoms. The summed E-state index contributed by atoms with van der Waals surface area (Å²) in [5, 5.41) is 0. The predicted molar refractivity (Wildman–Crippen MR) is 53.8 cm³/mol. The summed E-state index contributed by atoms with van der Waals surface area (Å²) in [4.78, 5) is 0. The second kappa shape index (κ2) is 4.09. The summed E-state index contributed by atoms with van der Waals surface area (Å²) in [5.74, 6) is -0.510. The molecule has 3 nitrogen and oxygen atoms in total. The molecule has 0 N–H and O–H groups in total. The second-order valence-electron chi connectivity index (χ2n) is 3.47. The lowest BCUT2D eigenvalue weighted by Gasteiger charge is -2.22. The lowest BCUT2D eigenvalue weighted by Crippen LogP contribution is -2.32. The van der Waals surface area contributed by atoms with E-state index >= 15 is 0 Å². The molecule has 4 heteroatoms. The Kier molecular flexibility index (Phi) is 3.51. The van der Waals surface area contributed by atoms with Crippen molar-refractivity contribution < 1.29 is 14.2 Å². The Morgan fingerprint density at radius 1 is 1.69 bits per heavy atom. The van der Waals surface area contributed by atoms with E-state index in [1.165, 1.54) is 0 Å². The zero-order valence-corrected chi connectivity index (χ0v) is 9.76. The fraction of sp³-hybridized carbons (Fsp3) is 0.778. The zero-order valence-electron chi connectivity index (χ0n) is 8.17. The van der Waals surface area contributed by atoms with Crippen LogP contribution >= 0.6 is 15.9 Å². The first-order valence-corrected chi connectivity index (χ1v) is 4.94. The maximum atomic E-state index is 5.63. The average Bonchev–Trinajstić information content (AvgIpc) is 2.31. The van der Waals surface area contributed by atoms with E-state index in [1.807, 2.05) is 13.8 Å². The largest absolute Gasteiger partial charge is 0.373 e. The Balaban J connectivity index is 2.58. The average molecular weight is 251 g/mol. The number of methoxy groups -OCH3 is 1. The number of halogens is 1. The van der Waals surface area contributed by atoms with Crippen LogP contribution in [0.5, 0.6) is 0 Å². The molecular weight excluding hydrogens is 236 g/mol. The van der Waals surface area contributed by atoms with E-state index in [9.17, 15) is 0 Å². The molecular formula is C9H15BrO3. The van der Waals surface area contributed by atoms with E-state index in [2.05, 4.69) is 22.5 Å². The molecule has 1 rings (SSSR count). The van der Waals surface area contributed by atoms with Gasteiger partial charge < -0.3 is 14.2 Å². The van der Waals surface area contributed by atoms with Gasteiger partial charge in [0, 0.05) is 11.6 Å². The number of hydrogen-bond donors (Lipinski definition) is 0. The van der Waals surface area contributed by atoms with Crippen LogP contribution in [0.1, 0.15) is 13.8 Å². The van der Waals surface area contributed by atoms with Gasteiger partial charge in [0.15, 0.2) is 5.79 Å². The zero-order chi connectivity index (χ0) is 10.1. The first-order valence-electron chi connectivity index (χ1n) is 4.15. The molecule has 0 aliphatic carbocycles. The lowest BCUT2D eigenvalue weighted by atomic mass is 10.2. The van der Waals surface area contributed by atoms with Crippen molar-refractivity contribution in [3.63, 3.8) is 0 Å². The van der Waals surface area contributed by atoms with Crippen LogP contribution in [0.4, 0.5) is 0 Å². The van der Waals surface area contributed by atoms with E-state index in [0.717, 1.165) is 4.48 Å². The van der Waals surface area contributed by atoms with Crippen molar-refractivity contribution >= 4 is 15.9 Å². The van der Waals surface area contributed by atoms with E-state index < -0.39 is 5.79 Å². The molecule has 76 valence electrons. The Hall–Kier alpha value is 0.1000. The van der Waals surface area contributed by atoms with Crippen LogP contribution in [0.2, 0.25) is 0 Å². The minimum atomic E-state index is -0.510. The summed E-state index contributed by atoms with van der Waals surface area (Å²) in [6.45, 7) is 8.08. The van der Waals surface area contributed by atoms with Gasteiger partial charge in [-0.1, -0.05) is 22.5 Å². The van der Waals surface area contributed by atoms with Gasteiger partial charge in [-0.25, -0.2) is 0 Å². The first kappa shape index (κ1) is 11.2. The monoisotopic (exact) mass is 250 g/mol. The SMILES string of the molecule is C=C(Br)[C@H](OC)[C@@H]1COC(C)(C)O1. The van der Waals surface area contributed by atoms with Gasteiger partial charge in [0.05, 0.1) is 6.61 Å². The van der Waals surface area contributed by atoms with E-state index in [0.29, 0.717) is 6.61 Å². The highest BCUT2D eigenvalue weighted by atomic mass is 79.9. The highest BCUT2D eigenvalue weighted by molar-refractivity contribution is 9.11. The van der Waals surface area contributed by atoms with Crippen molar-refractivity contribution in [2.45, 2.75) is 31.8 Å². The molecule has 2 atom stereocenters. The van der Waals surface area contributed by atoms with Gasteiger partial charge in [-0.2, -0.15) is 0 Å². The Bertz CT molecular complexity index is 203. The normalized spacial score (nSPS) is 28.8. The van der Waals surface area contributed by atoms with Gasteiger partial charge in [0.1, 0.15) is 12.2 Å². The van der Waals surface area contributed by atoms with Gasteiger partial charge >= 0.3 is 0 Å². The predicted octanol–water partition coefficient (Wildman–Crippen LogP) is 2.06. The van der Waals surface area contributed by atoms with Crippen LogP contribution in [-0.4, -0.2) is 31.7 Å². The lowest BCUT2D eigenvalue weighted by molar-refractivity contribution is -0.149. The maximum Gasteiger partial charge on any atom is 0.163 e. The van der Waals surface area contributed by atoms with Crippen LogP contribution in [0, 0.1) is 0 Å². The molecule has 0 aromatic heterocycles. The topological polar surface area (TPSA) is 27.7 Å². The molecule has 0 spiro atoms. The third-order valence-electron chi connectivity index (χ3n) is 1.93. The molecule has 1 aliphatic heterocycles. The Morgan fingerprint density at radius 2 is 2.31 bits per heavy atom. The molecule has 1 saturated heterocycles. The highest BCUT2D eigenvalue weighted by Gasteiger charge is 2.38. The molecule has 0 bridgehead atoms. The highest BCUT2D eigenvalue weighted by Crippen LogP contribution is 2.28. The van der Waals surface area contributed by atoms with Crippen LogP contribution in [0.3, 0.4) is 0 Å². The van der Waals surface area contributed by atoms with Crippen molar-refractivity contribution in [3.8, 4) is 0 Å². The van der Waals surface area contributed by atoms with E-state index in [1.54, 1.807) is 7.11 Å². The summed E-state index contributed by atoms with van der Waals surface area (Å²) >= 11 is 3.29. The van der Waals surface area contributed by atoms with Gasteiger partial charge in [-0.05, 0) is 13.8 Å². The van der Waals surface area contributed by atoms with Gasteiger partial charge in [0.25, 0.3) is 0 Å². The Labute approximate surface area is 87.2 Å². The summed E-state index contributed by atoms with van der Waals surface area (Å²) in [6.07, 6.45) is -0.228. The number of rotatable bonds is 3. The van der Waals surface area contributed by atoms with Crippen LogP contribution in [-0.2, 0) is 14.2 Å². The molecule has 0 amide bonds. The third-order valence-corrected chi connectivity index (χ3v) is 2.38. The van der Waals surface area contributed by atoms with Crippen molar-refractivity contribution in [3.05, 3.63) is 11.1 Å². The van der Waals surface area contributed by atoms with Crippen molar-refractivity contribution in [1.29, 1.82) is 0 Å². The van der Waals surface area contributed by atoms with Gasteiger partial charge in [0.2, 0.25) is 0 Å². The number of hydrogen-bond acceptors (Lipinski definition) is 3. The van der Waals surface area contributed by atoms with E-state index in [-0.39, 0.29) is 12.2 Å². The van der Waals surface area contributed by atoms with Crippen LogP contribution < -0.4 is 0 Å². The quantitative estimate of drug-likeness (QED) is 0.768. The van der Waals surface area contributed by atoms with Crippen molar-refractivity contribution in [1.82, 2.24) is 0 Å². The third kappa shape index (κ3) is 2.77. The second-order valence-corrected chi connectivity index (χ2v) is 4.49. The van der Waals surface area contributed by atoms with E-state index in [4.69, 9.17) is 14.2 Å². The fourth-order valence-electron chi connectivity index (χ4n) is 1.35. The maximum absolute atomic E-state index is 5.63.